The van der Waals surface area contributed by atoms with Gasteiger partial charge in [0.15, 0.2) is 0 Å². The van der Waals surface area contributed by atoms with E-state index < -0.39 is 0 Å². The van der Waals surface area contributed by atoms with Crippen molar-refractivity contribution in [3.05, 3.63) is 72.9 Å². The Labute approximate surface area is 318 Å². The van der Waals surface area contributed by atoms with Crippen LogP contribution in [0.15, 0.2) is 67.2 Å². The van der Waals surface area contributed by atoms with E-state index in [9.17, 15) is 9.59 Å². The lowest BCUT2D eigenvalue weighted by Gasteiger charge is -2.17. The summed E-state index contributed by atoms with van der Waals surface area (Å²) in [4.78, 5) is 33.2. The average molecular weight is 723 g/mol. The van der Waals surface area contributed by atoms with Crippen molar-refractivity contribution in [3.63, 3.8) is 0 Å². The molecule has 0 aliphatic heterocycles. The van der Waals surface area contributed by atoms with Crippen LogP contribution in [0.4, 0.5) is 0 Å². The molecule has 52 heavy (non-hydrogen) atoms. The van der Waals surface area contributed by atoms with E-state index in [4.69, 9.17) is 14.2 Å². The van der Waals surface area contributed by atoms with Crippen molar-refractivity contribution in [2.75, 3.05) is 19.8 Å². The summed E-state index contributed by atoms with van der Waals surface area (Å²) in [6.07, 6.45) is 49.1. The summed E-state index contributed by atoms with van der Waals surface area (Å²) >= 11 is 0. The Morgan fingerprint density at radius 2 is 1.00 bits per heavy atom. The number of hydrogen-bond donors (Lipinski definition) is 0. The van der Waals surface area contributed by atoms with Gasteiger partial charge in [-0.1, -0.05) is 127 Å². The van der Waals surface area contributed by atoms with Crippen molar-refractivity contribution < 1.29 is 23.8 Å². The second-order valence-electron chi connectivity index (χ2n) is 13.9. The van der Waals surface area contributed by atoms with Gasteiger partial charge in [-0.15, -0.1) is 0 Å². The molecule has 0 unspecified atom stereocenters. The van der Waals surface area contributed by atoms with Gasteiger partial charge < -0.3 is 14.2 Å². The first-order valence-electron chi connectivity index (χ1n) is 20.9. The van der Waals surface area contributed by atoms with Crippen molar-refractivity contribution >= 4 is 11.9 Å². The predicted molar refractivity (Wildman–Crippen MR) is 216 cm³/mol. The Bertz CT molecular complexity index is 1010. The molecule has 0 saturated carbocycles. The van der Waals surface area contributed by atoms with Crippen LogP contribution in [-0.2, 0) is 30.4 Å². The minimum absolute atomic E-state index is 0.163. The molecule has 1 heterocycles. The molecule has 0 atom stereocenters. The maximum Gasteiger partial charge on any atom is 0.305 e. The molecule has 0 saturated heterocycles. The number of carbonyl (C=O) groups is 2. The van der Waals surface area contributed by atoms with E-state index in [0.29, 0.717) is 26.1 Å². The Morgan fingerprint density at radius 3 is 1.44 bits per heavy atom. The van der Waals surface area contributed by atoms with E-state index in [1.807, 2.05) is 0 Å². The molecule has 7 nitrogen and oxygen atoms in total. The van der Waals surface area contributed by atoms with Crippen LogP contribution in [0, 0.1) is 5.92 Å². The van der Waals surface area contributed by atoms with Crippen LogP contribution in [0.2, 0.25) is 0 Å². The van der Waals surface area contributed by atoms with E-state index in [-0.39, 0.29) is 31.1 Å². The van der Waals surface area contributed by atoms with Gasteiger partial charge in [-0.25, -0.2) is 0 Å². The number of hydrogen-bond acceptors (Lipinski definition) is 7. The number of nitrogens with zero attached hydrogens (tertiary/aromatic N) is 2. The lowest BCUT2D eigenvalue weighted by molar-refractivity contribution is -0.150. The van der Waals surface area contributed by atoms with Gasteiger partial charge in [-0.2, -0.15) is 0 Å². The smallest absolute Gasteiger partial charge is 0.305 e. The van der Waals surface area contributed by atoms with Gasteiger partial charge in [0.25, 0.3) is 0 Å². The van der Waals surface area contributed by atoms with E-state index in [0.717, 1.165) is 69.9 Å². The highest BCUT2D eigenvalue weighted by Gasteiger charge is 2.16. The Kier molecular flexibility index (Phi) is 34.0. The standard InChI is InChI=1S/C45H74N2O5/c1-3-5-7-9-11-13-15-17-19-21-23-25-27-29-31-33-44(48)51-39-42(38-50-41-43-37-46-35-36-47-43)40-52-45(49)34-32-30-28-26-24-22-20-18-16-14-12-10-8-6-4-2/h11-14,17-20,35-37,42H,3-10,15-16,21-34,38-41H2,1-2H3/b13-11-,14-12-,19-17-,20-18-. The molecule has 0 fully saturated rings. The monoisotopic (exact) mass is 723 g/mol. The summed E-state index contributed by atoms with van der Waals surface area (Å²) in [5.74, 6) is -0.652. The van der Waals surface area contributed by atoms with Crippen LogP contribution in [0.1, 0.15) is 174 Å². The molecule has 0 aromatic carbocycles. The first-order valence-corrected chi connectivity index (χ1v) is 20.9. The maximum absolute atomic E-state index is 12.5. The molecule has 0 amide bonds. The van der Waals surface area contributed by atoms with Gasteiger partial charge >= 0.3 is 11.9 Å². The van der Waals surface area contributed by atoms with Gasteiger partial charge in [0.1, 0.15) is 0 Å². The molecular weight excluding hydrogens is 649 g/mol. The third kappa shape index (κ3) is 32.8. The molecule has 294 valence electrons. The second-order valence-corrected chi connectivity index (χ2v) is 13.9. The lowest BCUT2D eigenvalue weighted by atomic mass is 10.1. The highest BCUT2D eigenvalue weighted by Crippen LogP contribution is 2.12. The van der Waals surface area contributed by atoms with E-state index in [2.05, 4.69) is 72.4 Å². The Balaban J connectivity index is 2.19. The van der Waals surface area contributed by atoms with Crippen LogP contribution in [0.25, 0.3) is 0 Å². The summed E-state index contributed by atoms with van der Waals surface area (Å²) in [7, 11) is 0. The first kappa shape index (κ1) is 47.0. The van der Waals surface area contributed by atoms with E-state index >= 15 is 0 Å². The van der Waals surface area contributed by atoms with E-state index in [1.165, 1.54) is 77.0 Å². The molecule has 0 N–H and O–H groups in total. The fraction of sp³-hybridized carbons (Fsp3) is 0.689. The minimum atomic E-state index is -0.237. The fourth-order valence-electron chi connectivity index (χ4n) is 5.61. The third-order valence-electron chi connectivity index (χ3n) is 8.84. The molecule has 1 aromatic heterocycles. The second kappa shape index (κ2) is 37.7. The molecule has 7 heteroatoms. The normalized spacial score (nSPS) is 12.0. The molecule has 0 aliphatic carbocycles. The first-order chi connectivity index (χ1) is 25.7. The zero-order valence-corrected chi connectivity index (χ0v) is 33.2. The number of rotatable bonds is 36. The molecule has 1 aromatic rings. The minimum Gasteiger partial charge on any atom is -0.465 e. The van der Waals surface area contributed by atoms with Gasteiger partial charge in [0.2, 0.25) is 0 Å². The fourth-order valence-corrected chi connectivity index (χ4v) is 5.61. The summed E-state index contributed by atoms with van der Waals surface area (Å²) in [6, 6.07) is 0. The van der Waals surface area contributed by atoms with Crippen LogP contribution in [0.3, 0.4) is 0 Å². The summed E-state index contributed by atoms with van der Waals surface area (Å²) in [6.45, 7) is 5.39. The molecule has 1 rings (SSSR count). The molecule has 0 bridgehead atoms. The number of unbranched alkanes of at least 4 members (excludes halogenated alkanes) is 16. The number of aromatic nitrogens is 2. The van der Waals surface area contributed by atoms with Crippen LogP contribution in [-0.4, -0.2) is 41.7 Å². The molecule has 0 radical (unpaired) electrons. The third-order valence-corrected chi connectivity index (χ3v) is 8.84. The Hall–Kier alpha value is -3.06. The summed E-state index contributed by atoms with van der Waals surface area (Å²) in [5, 5.41) is 0. The SMILES string of the molecule is CCCCC/C=C\C/C=C\CCCCCCCC(=O)OCC(COCc1cnccn1)COC(=O)CCCCCCC/C=C\C/C=C\CCCCC. The largest absolute Gasteiger partial charge is 0.465 e. The molecule has 0 spiro atoms. The van der Waals surface area contributed by atoms with Crippen molar-refractivity contribution in [1.29, 1.82) is 0 Å². The van der Waals surface area contributed by atoms with Crippen molar-refractivity contribution in [1.82, 2.24) is 9.97 Å². The van der Waals surface area contributed by atoms with Gasteiger partial charge in [0.05, 0.1) is 44.2 Å². The maximum atomic E-state index is 12.5. The van der Waals surface area contributed by atoms with Gasteiger partial charge in [-0.05, 0) is 77.0 Å². The van der Waals surface area contributed by atoms with Crippen LogP contribution < -0.4 is 0 Å². The van der Waals surface area contributed by atoms with Crippen LogP contribution in [0.5, 0.6) is 0 Å². The number of carbonyl (C=O) groups excluding carboxylic acids is 2. The lowest BCUT2D eigenvalue weighted by Crippen LogP contribution is -2.25. The number of allylic oxidation sites excluding steroid dienone is 8. The topological polar surface area (TPSA) is 87.6 Å². The zero-order valence-electron chi connectivity index (χ0n) is 33.2. The summed E-state index contributed by atoms with van der Waals surface area (Å²) in [5.41, 5.74) is 0.720. The number of ether oxygens (including phenoxy) is 3. The summed E-state index contributed by atoms with van der Waals surface area (Å²) < 4.78 is 17.0. The van der Waals surface area contributed by atoms with Crippen molar-refractivity contribution in [3.8, 4) is 0 Å². The van der Waals surface area contributed by atoms with Crippen molar-refractivity contribution in [2.24, 2.45) is 5.92 Å². The molecular formula is C45H74N2O5. The van der Waals surface area contributed by atoms with Gasteiger partial charge in [0, 0.05) is 25.2 Å². The van der Waals surface area contributed by atoms with Crippen LogP contribution >= 0.6 is 0 Å². The quantitative estimate of drug-likeness (QED) is 0.0387. The predicted octanol–water partition coefficient (Wildman–Crippen LogP) is 12.3. The highest BCUT2D eigenvalue weighted by atomic mass is 16.6. The number of esters is 2. The Morgan fingerprint density at radius 1 is 0.558 bits per heavy atom. The molecule has 0 aliphatic rings. The average Bonchev–Trinajstić information content (AvgIpc) is 3.16. The zero-order chi connectivity index (χ0) is 37.4. The van der Waals surface area contributed by atoms with Gasteiger partial charge in [-0.3, -0.25) is 19.6 Å². The highest BCUT2D eigenvalue weighted by molar-refractivity contribution is 5.69. The van der Waals surface area contributed by atoms with Crippen molar-refractivity contribution in [2.45, 2.75) is 175 Å². The van der Waals surface area contributed by atoms with E-state index in [1.54, 1.807) is 18.6 Å².